The molecule has 0 bridgehead atoms. The Hall–Kier alpha value is -0.930. The molecule has 4 heteroatoms. The minimum atomic E-state index is -0.752. The van der Waals surface area contributed by atoms with E-state index >= 15 is 0 Å². The fourth-order valence-electron chi connectivity index (χ4n) is 2.43. The largest absolute Gasteiger partial charge is 0.454 e. The van der Waals surface area contributed by atoms with Gasteiger partial charge in [0.25, 0.3) is 0 Å². The lowest BCUT2D eigenvalue weighted by atomic mass is 9.91. The number of benzene rings is 1. The van der Waals surface area contributed by atoms with Crippen LogP contribution in [0.2, 0.25) is 5.02 Å². The van der Waals surface area contributed by atoms with Crippen LogP contribution < -0.4 is 9.47 Å². The summed E-state index contributed by atoms with van der Waals surface area (Å²) in [6.07, 6.45) is 1.54. The Labute approximate surface area is 105 Å². The molecule has 1 heterocycles. The van der Waals surface area contributed by atoms with Gasteiger partial charge in [-0.25, -0.2) is 0 Å². The average Bonchev–Trinajstić information content (AvgIpc) is 2.83. The number of ether oxygens (including phenoxy) is 2. The van der Waals surface area contributed by atoms with E-state index in [1.807, 2.05) is 0 Å². The second-order valence-electron chi connectivity index (χ2n) is 5.07. The summed E-state index contributed by atoms with van der Waals surface area (Å²) in [7, 11) is 0. The lowest BCUT2D eigenvalue weighted by molar-refractivity contribution is 0.149. The summed E-state index contributed by atoms with van der Waals surface area (Å²) < 4.78 is 10.9. The van der Waals surface area contributed by atoms with Crippen molar-refractivity contribution in [3.8, 4) is 11.5 Å². The van der Waals surface area contributed by atoms with Crippen LogP contribution in [0.4, 0.5) is 0 Å². The summed E-state index contributed by atoms with van der Waals surface area (Å²) in [6.45, 7) is 4.37. The van der Waals surface area contributed by atoms with Gasteiger partial charge in [0.1, 0.15) is 0 Å². The molecular weight excluding hydrogens is 240 g/mol. The average molecular weight is 255 g/mol. The molecule has 0 unspecified atom stereocenters. The van der Waals surface area contributed by atoms with Crippen LogP contribution in [0.25, 0.3) is 0 Å². The van der Waals surface area contributed by atoms with Gasteiger partial charge in [0.2, 0.25) is 6.79 Å². The van der Waals surface area contributed by atoms with Crippen molar-refractivity contribution in [1.29, 1.82) is 0 Å². The van der Waals surface area contributed by atoms with Crippen LogP contribution in [0.5, 0.6) is 11.5 Å². The minimum Gasteiger partial charge on any atom is -0.454 e. The maximum absolute atomic E-state index is 10.4. The van der Waals surface area contributed by atoms with Crippen molar-refractivity contribution >= 4 is 11.6 Å². The Kier molecular flexibility index (Phi) is 2.32. The molecule has 0 aromatic heterocycles. The smallest absolute Gasteiger partial charge is 0.231 e. The molecule has 1 saturated carbocycles. The van der Waals surface area contributed by atoms with Crippen molar-refractivity contribution in [2.45, 2.75) is 38.2 Å². The van der Waals surface area contributed by atoms with Crippen molar-refractivity contribution in [3.05, 3.63) is 22.2 Å². The second-order valence-corrected chi connectivity index (χ2v) is 5.47. The molecule has 3 rings (SSSR count). The van der Waals surface area contributed by atoms with Crippen LogP contribution in [-0.4, -0.2) is 11.9 Å². The summed E-state index contributed by atoms with van der Waals surface area (Å²) in [6, 6.07) is 1.75. The van der Waals surface area contributed by atoms with Gasteiger partial charge in [-0.15, -0.1) is 0 Å². The molecule has 0 amide bonds. The molecule has 1 aromatic carbocycles. The normalized spacial score (nSPS) is 19.8. The first-order valence-corrected chi connectivity index (χ1v) is 6.25. The van der Waals surface area contributed by atoms with E-state index in [2.05, 4.69) is 13.8 Å². The molecule has 0 saturated heterocycles. The van der Waals surface area contributed by atoms with Gasteiger partial charge in [0.15, 0.2) is 11.5 Å². The molecule has 1 aliphatic heterocycles. The minimum absolute atomic E-state index is 0.229. The van der Waals surface area contributed by atoms with Gasteiger partial charge in [-0.05, 0) is 18.8 Å². The van der Waals surface area contributed by atoms with Gasteiger partial charge in [0, 0.05) is 17.2 Å². The summed E-state index contributed by atoms with van der Waals surface area (Å²) >= 11 is 6.29. The maximum atomic E-state index is 10.4. The van der Waals surface area contributed by atoms with Gasteiger partial charge >= 0.3 is 0 Å². The van der Waals surface area contributed by atoms with Crippen LogP contribution in [-0.2, 0) is 5.60 Å². The van der Waals surface area contributed by atoms with Crippen molar-refractivity contribution < 1.29 is 14.6 Å². The van der Waals surface area contributed by atoms with Gasteiger partial charge < -0.3 is 14.6 Å². The predicted molar refractivity (Wildman–Crippen MR) is 64.8 cm³/mol. The molecule has 0 spiro atoms. The van der Waals surface area contributed by atoms with E-state index in [9.17, 15) is 5.11 Å². The van der Waals surface area contributed by atoms with Crippen molar-refractivity contribution in [1.82, 2.24) is 0 Å². The van der Waals surface area contributed by atoms with Crippen molar-refractivity contribution in [2.24, 2.45) is 0 Å². The molecule has 0 radical (unpaired) electrons. The third-order valence-corrected chi connectivity index (χ3v) is 3.72. The van der Waals surface area contributed by atoms with Crippen LogP contribution in [0.15, 0.2) is 6.07 Å². The Balaban J connectivity index is 2.26. The fourth-order valence-corrected chi connectivity index (χ4v) is 2.80. The van der Waals surface area contributed by atoms with E-state index in [0.717, 1.165) is 29.7 Å². The zero-order chi connectivity index (χ0) is 12.2. The Morgan fingerprint density at radius 3 is 2.65 bits per heavy atom. The monoisotopic (exact) mass is 254 g/mol. The number of hydrogen-bond acceptors (Lipinski definition) is 3. The lowest BCUT2D eigenvalue weighted by Gasteiger charge is -2.20. The quantitative estimate of drug-likeness (QED) is 0.881. The van der Waals surface area contributed by atoms with Gasteiger partial charge in [-0.3, -0.25) is 0 Å². The summed E-state index contributed by atoms with van der Waals surface area (Å²) in [5.41, 5.74) is 1.07. The highest BCUT2D eigenvalue weighted by atomic mass is 35.5. The molecule has 17 heavy (non-hydrogen) atoms. The molecule has 1 fully saturated rings. The Bertz CT molecular complexity index is 478. The summed E-state index contributed by atoms with van der Waals surface area (Å²) in [4.78, 5) is 0. The standard InChI is InChI=1S/C13H15ClO3/c1-7(2)10-11(13(15)3-4-13)8(14)5-9-12(10)17-6-16-9/h5,7,15H,3-4,6H2,1-2H3. The van der Waals surface area contributed by atoms with Crippen LogP contribution in [0.1, 0.15) is 43.7 Å². The third-order valence-electron chi connectivity index (χ3n) is 3.42. The zero-order valence-electron chi connectivity index (χ0n) is 9.92. The van der Waals surface area contributed by atoms with E-state index in [4.69, 9.17) is 21.1 Å². The molecular formula is C13H15ClO3. The zero-order valence-corrected chi connectivity index (χ0v) is 10.7. The topological polar surface area (TPSA) is 38.7 Å². The first-order valence-electron chi connectivity index (χ1n) is 5.88. The molecule has 1 aliphatic carbocycles. The maximum Gasteiger partial charge on any atom is 0.231 e. The van der Waals surface area contributed by atoms with Gasteiger partial charge in [-0.1, -0.05) is 25.4 Å². The highest BCUT2D eigenvalue weighted by Gasteiger charge is 2.47. The highest BCUT2D eigenvalue weighted by molar-refractivity contribution is 6.32. The SMILES string of the molecule is CC(C)c1c2c(cc(Cl)c1C1(O)CC1)OCO2. The second kappa shape index (κ2) is 3.53. The molecule has 3 nitrogen and oxygen atoms in total. The number of rotatable bonds is 2. The third kappa shape index (κ3) is 1.60. The van der Waals surface area contributed by atoms with E-state index in [0.29, 0.717) is 10.8 Å². The molecule has 1 aromatic rings. The van der Waals surface area contributed by atoms with E-state index in [1.165, 1.54) is 0 Å². The fraction of sp³-hybridized carbons (Fsp3) is 0.538. The van der Waals surface area contributed by atoms with E-state index < -0.39 is 5.60 Å². The van der Waals surface area contributed by atoms with E-state index in [1.54, 1.807) is 6.07 Å². The Morgan fingerprint density at radius 2 is 2.06 bits per heavy atom. The molecule has 1 N–H and O–H groups in total. The predicted octanol–water partition coefficient (Wildman–Crippen LogP) is 3.17. The number of fused-ring (bicyclic) bond motifs is 1. The lowest BCUT2D eigenvalue weighted by Crippen LogP contribution is -2.11. The number of halogens is 1. The van der Waals surface area contributed by atoms with E-state index in [-0.39, 0.29) is 12.7 Å². The summed E-state index contributed by atoms with van der Waals surface area (Å²) in [5.74, 6) is 1.68. The summed E-state index contributed by atoms with van der Waals surface area (Å²) in [5, 5.41) is 10.9. The van der Waals surface area contributed by atoms with Crippen molar-refractivity contribution in [2.75, 3.05) is 6.79 Å². The highest BCUT2D eigenvalue weighted by Crippen LogP contribution is 2.55. The number of aliphatic hydroxyl groups is 1. The number of hydrogen-bond donors (Lipinski definition) is 1. The van der Waals surface area contributed by atoms with Crippen molar-refractivity contribution in [3.63, 3.8) is 0 Å². The van der Waals surface area contributed by atoms with Crippen LogP contribution >= 0.6 is 11.6 Å². The first kappa shape index (κ1) is 11.2. The molecule has 92 valence electrons. The van der Waals surface area contributed by atoms with Crippen LogP contribution in [0, 0.1) is 0 Å². The first-order chi connectivity index (χ1) is 8.03. The van der Waals surface area contributed by atoms with Crippen LogP contribution in [0.3, 0.4) is 0 Å². The van der Waals surface area contributed by atoms with Gasteiger partial charge in [-0.2, -0.15) is 0 Å². The molecule has 2 aliphatic rings. The van der Waals surface area contributed by atoms with Gasteiger partial charge in [0.05, 0.1) is 10.6 Å². The Morgan fingerprint density at radius 1 is 1.35 bits per heavy atom. The molecule has 0 atom stereocenters.